The lowest BCUT2D eigenvalue weighted by Crippen LogP contribution is -2.19. The van der Waals surface area contributed by atoms with Crippen molar-refractivity contribution < 1.29 is 14.7 Å². The number of hydrogen-bond acceptors (Lipinski definition) is 4. The van der Waals surface area contributed by atoms with E-state index in [2.05, 4.69) is 17.2 Å². The molecule has 0 bridgehead atoms. The van der Waals surface area contributed by atoms with Crippen molar-refractivity contribution in [3.63, 3.8) is 0 Å². The highest BCUT2D eigenvalue weighted by atomic mass is 32.2. The number of aromatic carboxylic acids is 1. The summed E-state index contributed by atoms with van der Waals surface area (Å²) in [6.07, 6.45) is 2.59. The van der Waals surface area contributed by atoms with Crippen LogP contribution in [0.15, 0.2) is 58.4 Å². The second kappa shape index (κ2) is 7.36. The topological polar surface area (TPSA) is 78.8 Å². The molecule has 0 aliphatic carbocycles. The van der Waals surface area contributed by atoms with E-state index in [0.29, 0.717) is 10.1 Å². The van der Waals surface area contributed by atoms with E-state index < -0.39 is 5.97 Å². The van der Waals surface area contributed by atoms with Crippen molar-refractivity contribution in [1.82, 2.24) is 5.32 Å². The van der Waals surface area contributed by atoms with E-state index in [1.807, 2.05) is 24.3 Å². The predicted octanol–water partition coefficient (Wildman–Crippen LogP) is 3.84. The molecule has 1 amide bonds. The van der Waals surface area contributed by atoms with Crippen LogP contribution in [-0.2, 0) is 11.2 Å². The minimum Gasteiger partial charge on any atom is -0.478 e. The number of amides is 1. The van der Waals surface area contributed by atoms with Crippen LogP contribution in [0.2, 0.25) is 0 Å². The normalized spacial score (nSPS) is 17.1. The molecule has 2 N–H and O–H groups in total. The smallest absolute Gasteiger partial charge is 0.335 e. The number of thioether (sulfide) groups is 1. The van der Waals surface area contributed by atoms with Crippen molar-refractivity contribution in [3.05, 3.63) is 70.1 Å². The number of para-hydroxylation sites is 1. The summed E-state index contributed by atoms with van der Waals surface area (Å²) in [5, 5.41) is 12.2. The van der Waals surface area contributed by atoms with Gasteiger partial charge in [-0.2, -0.15) is 0 Å². The molecule has 0 aromatic heterocycles. The number of aryl methyl sites for hydroxylation is 1. The molecule has 0 unspecified atom stereocenters. The lowest BCUT2D eigenvalue weighted by atomic mass is 10.1. The van der Waals surface area contributed by atoms with Crippen LogP contribution in [0.3, 0.4) is 0 Å². The quantitative estimate of drug-likeness (QED) is 0.820. The Hall–Kier alpha value is -2.86. The molecule has 1 saturated heterocycles. The van der Waals surface area contributed by atoms with E-state index in [-0.39, 0.29) is 11.5 Å². The number of amidine groups is 1. The fourth-order valence-electron chi connectivity index (χ4n) is 2.38. The molecule has 1 heterocycles. The van der Waals surface area contributed by atoms with Crippen LogP contribution >= 0.6 is 11.8 Å². The van der Waals surface area contributed by atoms with Gasteiger partial charge in [-0.25, -0.2) is 9.79 Å². The third kappa shape index (κ3) is 3.97. The number of nitrogens with zero attached hydrogens (tertiary/aromatic N) is 1. The fraction of sp³-hybridized carbons (Fsp3) is 0.105. The van der Waals surface area contributed by atoms with Crippen LogP contribution in [0.25, 0.3) is 6.08 Å². The largest absolute Gasteiger partial charge is 0.478 e. The number of carboxylic acids is 1. The lowest BCUT2D eigenvalue weighted by molar-refractivity contribution is -0.115. The van der Waals surface area contributed by atoms with Crippen LogP contribution < -0.4 is 5.32 Å². The van der Waals surface area contributed by atoms with E-state index in [1.54, 1.807) is 18.2 Å². The van der Waals surface area contributed by atoms with E-state index >= 15 is 0 Å². The van der Waals surface area contributed by atoms with Crippen LogP contribution in [0.4, 0.5) is 5.69 Å². The number of rotatable bonds is 4. The minimum atomic E-state index is -0.976. The van der Waals surface area contributed by atoms with Gasteiger partial charge in [0.25, 0.3) is 5.91 Å². The summed E-state index contributed by atoms with van der Waals surface area (Å²) in [4.78, 5) is 28.1. The third-order valence-electron chi connectivity index (χ3n) is 3.70. The molecule has 6 heteroatoms. The van der Waals surface area contributed by atoms with Gasteiger partial charge in [0.1, 0.15) is 0 Å². The highest BCUT2D eigenvalue weighted by Gasteiger charge is 2.24. The van der Waals surface area contributed by atoms with E-state index in [4.69, 9.17) is 5.11 Å². The number of nitrogens with one attached hydrogen (secondary N) is 1. The van der Waals surface area contributed by atoms with E-state index in [0.717, 1.165) is 23.2 Å². The summed E-state index contributed by atoms with van der Waals surface area (Å²) in [5.41, 5.74) is 2.94. The Balaban J connectivity index is 1.82. The van der Waals surface area contributed by atoms with Gasteiger partial charge in [-0.1, -0.05) is 37.3 Å². The van der Waals surface area contributed by atoms with Crippen molar-refractivity contribution >= 4 is 40.6 Å². The molecule has 0 spiro atoms. The van der Waals surface area contributed by atoms with Gasteiger partial charge >= 0.3 is 5.97 Å². The van der Waals surface area contributed by atoms with Crippen LogP contribution in [0.1, 0.15) is 28.4 Å². The number of benzene rings is 2. The van der Waals surface area contributed by atoms with Gasteiger partial charge < -0.3 is 10.4 Å². The summed E-state index contributed by atoms with van der Waals surface area (Å²) in [6, 6.07) is 14.2. The van der Waals surface area contributed by atoms with Gasteiger partial charge in [-0.05, 0) is 53.6 Å². The zero-order chi connectivity index (χ0) is 17.8. The molecule has 2 aromatic rings. The average molecular weight is 352 g/mol. The molecule has 5 nitrogen and oxygen atoms in total. The number of carbonyl (C=O) groups is 2. The second-order valence-electron chi connectivity index (χ2n) is 5.39. The molecule has 2 aromatic carbocycles. The fourth-order valence-corrected chi connectivity index (χ4v) is 3.22. The Morgan fingerprint density at radius 3 is 2.60 bits per heavy atom. The Kier molecular flexibility index (Phi) is 5.00. The predicted molar refractivity (Wildman–Crippen MR) is 100 cm³/mol. The summed E-state index contributed by atoms with van der Waals surface area (Å²) < 4.78 is 0. The standard InChI is InChI=1S/C19H16N2O3S/c1-2-13-5-3-4-6-15(13)20-19-21-17(22)16(25-19)11-12-7-9-14(10-8-12)18(23)24/h3-11H,2H2,1H3,(H,23,24)(H,20,21,22)/b16-11-. The maximum Gasteiger partial charge on any atom is 0.335 e. The zero-order valence-electron chi connectivity index (χ0n) is 13.5. The first kappa shape index (κ1) is 17.0. The molecule has 1 aliphatic heterocycles. The van der Waals surface area contributed by atoms with Crippen molar-refractivity contribution in [2.24, 2.45) is 4.99 Å². The van der Waals surface area contributed by atoms with Crippen LogP contribution in [0.5, 0.6) is 0 Å². The monoisotopic (exact) mass is 352 g/mol. The maximum absolute atomic E-state index is 12.1. The highest BCUT2D eigenvalue weighted by molar-refractivity contribution is 8.18. The van der Waals surface area contributed by atoms with Crippen molar-refractivity contribution in [1.29, 1.82) is 0 Å². The summed E-state index contributed by atoms with van der Waals surface area (Å²) in [6.45, 7) is 2.06. The third-order valence-corrected chi connectivity index (χ3v) is 4.61. The van der Waals surface area contributed by atoms with Gasteiger partial charge in [0, 0.05) is 0 Å². The van der Waals surface area contributed by atoms with Crippen LogP contribution in [0, 0.1) is 0 Å². The van der Waals surface area contributed by atoms with Gasteiger partial charge in [0.05, 0.1) is 16.2 Å². The first-order valence-electron chi connectivity index (χ1n) is 7.77. The van der Waals surface area contributed by atoms with Gasteiger partial charge in [0.15, 0.2) is 5.17 Å². The number of hydrogen-bond donors (Lipinski definition) is 2. The summed E-state index contributed by atoms with van der Waals surface area (Å²) >= 11 is 1.27. The molecular formula is C19H16N2O3S. The second-order valence-corrected chi connectivity index (χ2v) is 6.42. The van der Waals surface area contributed by atoms with Crippen molar-refractivity contribution in [3.8, 4) is 0 Å². The first-order valence-corrected chi connectivity index (χ1v) is 8.59. The molecule has 3 rings (SSSR count). The highest BCUT2D eigenvalue weighted by Crippen LogP contribution is 2.29. The number of carboxylic acid groups (broad SMARTS) is 1. The molecule has 126 valence electrons. The minimum absolute atomic E-state index is 0.208. The van der Waals surface area contributed by atoms with Gasteiger partial charge in [0.2, 0.25) is 0 Å². The van der Waals surface area contributed by atoms with Crippen molar-refractivity contribution in [2.75, 3.05) is 0 Å². The van der Waals surface area contributed by atoms with Crippen molar-refractivity contribution in [2.45, 2.75) is 13.3 Å². The van der Waals surface area contributed by atoms with E-state index in [9.17, 15) is 9.59 Å². The molecule has 25 heavy (non-hydrogen) atoms. The van der Waals surface area contributed by atoms with Gasteiger partial charge in [-0.3, -0.25) is 4.79 Å². The number of aliphatic imine (C=N–C) groups is 1. The number of carbonyl (C=O) groups excluding carboxylic acids is 1. The SMILES string of the molecule is CCc1ccccc1N=C1NC(=O)/C(=C/c2ccc(C(=O)O)cc2)S1. The molecule has 1 fully saturated rings. The zero-order valence-corrected chi connectivity index (χ0v) is 14.3. The Morgan fingerprint density at radius 2 is 1.92 bits per heavy atom. The van der Waals surface area contributed by atoms with Gasteiger partial charge in [-0.15, -0.1) is 0 Å². The molecular weight excluding hydrogens is 336 g/mol. The lowest BCUT2D eigenvalue weighted by Gasteiger charge is -2.02. The Bertz CT molecular complexity index is 886. The summed E-state index contributed by atoms with van der Waals surface area (Å²) in [5.74, 6) is -1.18. The molecule has 0 saturated carbocycles. The maximum atomic E-state index is 12.1. The Labute approximate surface area is 149 Å². The molecule has 1 aliphatic rings. The molecule has 0 atom stereocenters. The van der Waals surface area contributed by atoms with Crippen LogP contribution in [-0.4, -0.2) is 22.2 Å². The Morgan fingerprint density at radius 1 is 1.20 bits per heavy atom. The molecule has 0 radical (unpaired) electrons. The van der Waals surface area contributed by atoms with E-state index in [1.165, 1.54) is 23.9 Å². The summed E-state index contributed by atoms with van der Waals surface area (Å²) in [7, 11) is 0. The first-order chi connectivity index (χ1) is 12.1. The average Bonchev–Trinajstić information content (AvgIpc) is 2.95.